The summed E-state index contributed by atoms with van der Waals surface area (Å²) in [4.78, 5) is 12.1. The maximum atomic E-state index is 12.1. The summed E-state index contributed by atoms with van der Waals surface area (Å²) in [7, 11) is 0. The second-order valence-electron chi connectivity index (χ2n) is 4.62. The normalized spacial score (nSPS) is 13.9. The van der Waals surface area contributed by atoms with Gasteiger partial charge in [-0.2, -0.15) is 0 Å². The van der Waals surface area contributed by atoms with E-state index in [1.54, 1.807) is 12.1 Å². The molecule has 2 unspecified atom stereocenters. The number of hydrogen-bond acceptors (Lipinski definition) is 2. The molecule has 0 saturated carbocycles. The molecule has 0 saturated heterocycles. The Kier molecular flexibility index (Phi) is 6.63. The van der Waals surface area contributed by atoms with Gasteiger partial charge in [0.25, 0.3) is 0 Å². The summed E-state index contributed by atoms with van der Waals surface area (Å²) in [6.07, 6.45) is 1.73. The predicted octanol–water partition coefficient (Wildman–Crippen LogP) is 3.55. The van der Waals surface area contributed by atoms with Gasteiger partial charge in [0.05, 0.1) is 12.0 Å². The van der Waals surface area contributed by atoms with Crippen LogP contribution in [0.3, 0.4) is 0 Å². The minimum atomic E-state index is -0.164. The van der Waals surface area contributed by atoms with E-state index in [2.05, 4.69) is 5.32 Å². The summed E-state index contributed by atoms with van der Waals surface area (Å²) in [5.41, 5.74) is 6.47. The van der Waals surface area contributed by atoms with Gasteiger partial charge in [-0.15, -0.1) is 0 Å². The van der Waals surface area contributed by atoms with Gasteiger partial charge in [0.15, 0.2) is 0 Å². The molecule has 0 fully saturated rings. The van der Waals surface area contributed by atoms with Crippen molar-refractivity contribution in [2.75, 3.05) is 6.54 Å². The molecule has 3 N–H and O–H groups in total. The van der Waals surface area contributed by atoms with Gasteiger partial charge < -0.3 is 11.1 Å². The van der Waals surface area contributed by atoms with E-state index < -0.39 is 0 Å². The Morgan fingerprint density at radius 1 is 1.42 bits per heavy atom. The Bertz CT molecular complexity index is 437. The Labute approximate surface area is 124 Å². The van der Waals surface area contributed by atoms with Crippen LogP contribution in [-0.2, 0) is 4.79 Å². The van der Waals surface area contributed by atoms with Crippen LogP contribution >= 0.6 is 23.2 Å². The lowest BCUT2D eigenvalue weighted by molar-refractivity contribution is -0.125. The molecule has 0 aromatic heterocycles. The molecule has 1 aromatic carbocycles. The topological polar surface area (TPSA) is 55.1 Å². The van der Waals surface area contributed by atoms with Crippen molar-refractivity contribution in [1.82, 2.24) is 5.32 Å². The maximum absolute atomic E-state index is 12.1. The highest BCUT2D eigenvalue weighted by atomic mass is 35.5. The van der Waals surface area contributed by atoms with Crippen LogP contribution in [0.1, 0.15) is 38.3 Å². The molecular weight excluding hydrogens is 283 g/mol. The first-order valence-corrected chi connectivity index (χ1v) is 7.20. The van der Waals surface area contributed by atoms with Crippen molar-refractivity contribution < 1.29 is 4.79 Å². The monoisotopic (exact) mass is 302 g/mol. The minimum Gasteiger partial charge on any atom is -0.349 e. The second-order valence-corrected chi connectivity index (χ2v) is 5.46. The second kappa shape index (κ2) is 7.73. The number of carbonyl (C=O) groups excluding carboxylic acids is 1. The molecule has 19 heavy (non-hydrogen) atoms. The first-order valence-electron chi connectivity index (χ1n) is 6.45. The van der Waals surface area contributed by atoms with Crippen LogP contribution in [0.4, 0.5) is 0 Å². The molecule has 1 aromatic rings. The van der Waals surface area contributed by atoms with Crippen LogP contribution in [0, 0.1) is 5.92 Å². The Morgan fingerprint density at radius 3 is 2.63 bits per heavy atom. The third kappa shape index (κ3) is 4.68. The number of rotatable bonds is 6. The fourth-order valence-electron chi connectivity index (χ4n) is 1.97. The van der Waals surface area contributed by atoms with Gasteiger partial charge >= 0.3 is 0 Å². The smallest absolute Gasteiger partial charge is 0.224 e. The summed E-state index contributed by atoms with van der Waals surface area (Å²) < 4.78 is 0. The van der Waals surface area contributed by atoms with Gasteiger partial charge in [-0.1, -0.05) is 42.6 Å². The summed E-state index contributed by atoms with van der Waals surface area (Å²) in [5.74, 6) is -0.165. The van der Waals surface area contributed by atoms with Crippen molar-refractivity contribution in [3.63, 3.8) is 0 Å². The van der Waals surface area contributed by atoms with Gasteiger partial charge in [-0.05, 0) is 31.0 Å². The molecule has 1 amide bonds. The van der Waals surface area contributed by atoms with Gasteiger partial charge in [0.1, 0.15) is 0 Å². The zero-order chi connectivity index (χ0) is 14.4. The van der Waals surface area contributed by atoms with Gasteiger partial charge in [-0.25, -0.2) is 0 Å². The number of hydrogen-bond donors (Lipinski definition) is 2. The fourth-order valence-corrected chi connectivity index (χ4v) is 2.54. The van der Waals surface area contributed by atoms with E-state index in [1.165, 1.54) is 0 Å². The van der Waals surface area contributed by atoms with Crippen molar-refractivity contribution in [3.05, 3.63) is 33.8 Å². The fraction of sp³-hybridized carbons (Fsp3) is 0.500. The number of nitrogens with two attached hydrogens (primary N) is 1. The number of nitrogens with one attached hydrogen (secondary N) is 1. The van der Waals surface area contributed by atoms with Crippen molar-refractivity contribution >= 4 is 29.1 Å². The number of benzene rings is 1. The summed E-state index contributed by atoms with van der Waals surface area (Å²) in [6.45, 7) is 4.29. The van der Waals surface area contributed by atoms with E-state index in [0.717, 1.165) is 18.4 Å². The summed E-state index contributed by atoms with van der Waals surface area (Å²) >= 11 is 12.0. The van der Waals surface area contributed by atoms with Crippen LogP contribution in [0.5, 0.6) is 0 Å². The lowest BCUT2D eigenvalue weighted by atomic mass is 10.0. The molecule has 0 aliphatic carbocycles. The maximum Gasteiger partial charge on any atom is 0.224 e. The van der Waals surface area contributed by atoms with E-state index in [0.29, 0.717) is 16.6 Å². The van der Waals surface area contributed by atoms with Crippen molar-refractivity contribution in [3.8, 4) is 0 Å². The predicted molar refractivity (Wildman–Crippen MR) is 80.5 cm³/mol. The summed E-state index contributed by atoms with van der Waals surface area (Å²) in [5, 5.41) is 4.08. The van der Waals surface area contributed by atoms with Crippen molar-refractivity contribution in [2.45, 2.75) is 32.7 Å². The number of carbonyl (C=O) groups is 1. The molecular formula is C14H20Cl2N2O. The highest BCUT2D eigenvalue weighted by Gasteiger charge is 2.19. The van der Waals surface area contributed by atoms with Crippen LogP contribution in [-0.4, -0.2) is 12.5 Å². The highest BCUT2D eigenvalue weighted by molar-refractivity contribution is 6.35. The first-order chi connectivity index (χ1) is 8.99. The van der Waals surface area contributed by atoms with Gasteiger partial charge in [0.2, 0.25) is 5.91 Å². The van der Waals surface area contributed by atoms with Crippen LogP contribution in [0.25, 0.3) is 0 Å². The average Bonchev–Trinajstić information content (AvgIpc) is 2.35. The van der Waals surface area contributed by atoms with Crippen LogP contribution < -0.4 is 11.1 Å². The van der Waals surface area contributed by atoms with E-state index in [-0.39, 0.29) is 17.9 Å². The SMILES string of the molecule is CCCC(CN)C(=O)NC(C)c1ccc(Cl)cc1Cl. The number of amides is 1. The van der Waals surface area contributed by atoms with E-state index in [1.807, 2.05) is 19.9 Å². The van der Waals surface area contributed by atoms with Crippen LogP contribution in [0.2, 0.25) is 10.0 Å². The molecule has 0 aliphatic heterocycles. The molecule has 0 spiro atoms. The largest absolute Gasteiger partial charge is 0.349 e. The Balaban J connectivity index is 2.73. The molecule has 3 nitrogen and oxygen atoms in total. The molecule has 0 aliphatic rings. The zero-order valence-electron chi connectivity index (χ0n) is 11.2. The zero-order valence-corrected chi connectivity index (χ0v) is 12.8. The van der Waals surface area contributed by atoms with Gasteiger partial charge in [-0.3, -0.25) is 4.79 Å². The van der Waals surface area contributed by atoms with E-state index in [4.69, 9.17) is 28.9 Å². The Morgan fingerprint density at radius 2 is 2.11 bits per heavy atom. The highest BCUT2D eigenvalue weighted by Crippen LogP contribution is 2.26. The average molecular weight is 303 g/mol. The quantitative estimate of drug-likeness (QED) is 0.844. The van der Waals surface area contributed by atoms with Gasteiger partial charge in [0, 0.05) is 16.6 Å². The van der Waals surface area contributed by atoms with E-state index in [9.17, 15) is 4.79 Å². The lowest BCUT2D eigenvalue weighted by Gasteiger charge is -2.20. The van der Waals surface area contributed by atoms with Crippen molar-refractivity contribution in [2.24, 2.45) is 11.7 Å². The molecule has 106 valence electrons. The molecule has 0 bridgehead atoms. The Hall–Kier alpha value is -0.770. The number of halogens is 2. The minimum absolute atomic E-state index is 0.0251. The third-order valence-corrected chi connectivity index (χ3v) is 3.64. The standard InChI is InChI=1S/C14H20Cl2N2O/c1-3-4-10(8-17)14(19)18-9(2)12-6-5-11(15)7-13(12)16/h5-7,9-10H,3-4,8,17H2,1-2H3,(H,18,19). The molecule has 0 radical (unpaired) electrons. The van der Waals surface area contributed by atoms with Crippen molar-refractivity contribution in [1.29, 1.82) is 0 Å². The third-order valence-electron chi connectivity index (χ3n) is 3.08. The first kappa shape index (κ1) is 16.3. The molecule has 0 heterocycles. The molecule has 2 atom stereocenters. The van der Waals surface area contributed by atoms with E-state index >= 15 is 0 Å². The summed E-state index contributed by atoms with van der Waals surface area (Å²) in [6, 6.07) is 5.10. The van der Waals surface area contributed by atoms with Crippen LogP contribution in [0.15, 0.2) is 18.2 Å². The molecule has 1 rings (SSSR count). The molecule has 5 heteroatoms. The lowest BCUT2D eigenvalue weighted by Crippen LogP contribution is -2.36.